The topological polar surface area (TPSA) is 0 Å². The largest absolute Gasteiger partial charge is 0.0654 e. The Kier molecular flexibility index (Phi) is 17.6. The van der Waals surface area contributed by atoms with Crippen molar-refractivity contribution in [3.05, 3.63) is 35.9 Å². The highest BCUT2D eigenvalue weighted by atomic mass is 14.1. The Bertz CT molecular complexity index is 407. The third-order valence-electron chi connectivity index (χ3n) is 6.42. The molecule has 162 valence electrons. The number of benzene rings is 1. The fourth-order valence-electron chi connectivity index (χ4n) is 4.45. The van der Waals surface area contributed by atoms with E-state index in [1.54, 1.807) is 5.56 Å². The van der Waals surface area contributed by atoms with Crippen molar-refractivity contribution < 1.29 is 0 Å². The van der Waals surface area contributed by atoms with Crippen molar-refractivity contribution in [3.63, 3.8) is 0 Å². The molecule has 0 aliphatic heterocycles. The first kappa shape index (κ1) is 25.3. The zero-order valence-electron chi connectivity index (χ0n) is 19.4. The predicted molar refractivity (Wildman–Crippen MR) is 128 cm³/mol. The average molecular weight is 387 g/mol. The van der Waals surface area contributed by atoms with E-state index in [1.165, 1.54) is 122 Å². The van der Waals surface area contributed by atoms with E-state index in [-0.39, 0.29) is 0 Å². The summed E-state index contributed by atoms with van der Waals surface area (Å²) < 4.78 is 0. The van der Waals surface area contributed by atoms with Crippen LogP contribution < -0.4 is 0 Å². The third-order valence-corrected chi connectivity index (χ3v) is 6.42. The zero-order chi connectivity index (χ0) is 20.1. The van der Waals surface area contributed by atoms with Gasteiger partial charge in [0, 0.05) is 0 Å². The van der Waals surface area contributed by atoms with Gasteiger partial charge in [-0.1, -0.05) is 153 Å². The molecule has 1 aromatic carbocycles. The van der Waals surface area contributed by atoms with Gasteiger partial charge in [-0.05, 0) is 24.3 Å². The summed E-state index contributed by atoms with van der Waals surface area (Å²) in [6.07, 6.45) is 27.4. The summed E-state index contributed by atoms with van der Waals surface area (Å²) in [5.74, 6) is 0.776. The molecule has 0 radical (unpaired) electrons. The van der Waals surface area contributed by atoms with Gasteiger partial charge < -0.3 is 0 Å². The lowest BCUT2D eigenvalue weighted by Gasteiger charge is -2.15. The maximum Gasteiger partial charge on any atom is -0.0165 e. The van der Waals surface area contributed by atoms with Crippen LogP contribution in [0.3, 0.4) is 0 Å². The second kappa shape index (κ2) is 19.5. The highest BCUT2D eigenvalue weighted by Crippen LogP contribution is 2.25. The number of unbranched alkanes of at least 4 members (excludes halogenated alkanes) is 16. The minimum Gasteiger partial charge on any atom is -0.0654 e. The van der Waals surface area contributed by atoms with E-state index in [0.717, 1.165) is 5.92 Å². The minimum atomic E-state index is 0.776. The lowest BCUT2D eigenvalue weighted by Crippen LogP contribution is -1.97. The summed E-state index contributed by atoms with van der Waals surface area (Å²) in [7, 11) is 0. The Morgan fingerprint density at radius 1 is 0.500 bits per heavy atom. The molecular formula is C28H50. The first-order valence-corrected chi connectivity index (χ1v) is 12.9. The molecule has 0 aliphatic rings. The molecule has 0 amide bonds. The van der Waals surface area contributed by atoms with E-state index in [0.29, 0.717) is 0 Å². The molecule has 0 spiro atoms. The van der Waals surface area contributed by atoms with Crippen molar-refractivity contribution in [3.8, 4) is 0 Å². The Balaban J connectivity index is 1.79. The first-order chi connectivity index (χ1) is 13.9. The van der Waals surface area contributed by atoms with Gasteiger partial charge in [0.25, 0.3) is 0 Å². The molecule has 0 saturated heterocycles. The molecule has 0 nitrogen and oxygen atoms in total. The van der Waals surface area contributed by atoms with Gasteiger partial charge in [-0.25, -0.2) is 0 Å². The molecule has 0 aromatic heterocycles. The van der Waals surface area contributed by atoms with Gasteiger partial charge >= 0.3 is 0 Å². The molecule has 1 rings (SSSR count). The molecule has 0 heteroatoms. The van der Waals surface area contributed by atoms with Crippen LogP contribution >= 0.6 is 0 Å². The number of rotatable bonds is 20. The van der Waals surface area contributed by atoms with Gasteiger partial charge in [0.05, 0.1) is 0 Å². The molecule has 0 N–H and O–H groups in total. The highest BCUT2D eigenvalue weighted by molar-refractivity contribution is 5.19. The van der Waals surface area contributed by atoms with Crippen LogP contribution in [0.15, 0.2) is 30.3 Å². The standard InChI is InChI=1S/C28H50/c1-3-5-6-7-8-9-10-11-12-13-14-15-16-17-18-19-21-24-27(4-2)28-25-22-20-23-26-28/h20,22-23,25-27H,3-19,21,24H2,1-2H3. The molecule has 1 aromatic rings. The van der Waals surface area contributed by atoms with Gasteiger partial charge in [0.1, 0.15) is 0 Å². The summed E-state index contributed by atoms with van der Waals surface area (Å²) in [5, 5.41) is 0. The number of hydrogen-bond donors (Lipinski definition) is 0. The van der Waals surface area contributed by atoms with Crippen molar-refractivity contribution in [2.45, 2.75) is 142 Å². The van der Waals surface area contributed by atoms with E-state index >= 15 is 0 Å². The maximum absolute atomic E-state index is 2.34. The third kappa shape index (κ3) is 14.3. The zero-order valence-corrected chi connectivity index (χ0v) is 19.4. The quantitative estimate of drug-likeness (QED) is 0.195. The molecule has 0 saturated carbocycles. The first-order valence-electron chi connectivity index (χ1n) is 12.9. The van der Waals surface area contributed by atoms with Crippen LogP contribution in [0.4, 0.5) is 0 Å². The fraction of sp³-hybridized carbons (Fsp3) is 0.786. The molecule has 0 heterocycles. The average Bonchev–Trinajstić information content (AvgIpc) is 2.73. The van der Waals surface area contributed by atoms with Crippen LogP contribution in [-0.4, -0.2) is 0 Å². The Labute approximate surface area is 177 Å². The van der Waals surface area contributed by atoms with E-state index in [9.17, 15) is 0 Å². The molecule has 0 aliphatic carbocycles. The summed E-state index contributed by atoms with van der Waals surface area (Å²) in [6, 6.07) is 11.1. The molecule has 1 atom stereocenters. The van der Waals surface area contributed by atoms with Crippen molar-refractivity contribution in [2.75, 3.05) is 0 Å². The lowest BCUT2D eigenvalue weighted by molar-refractivity contribution is 0.510. The number of hydrogen-bond acceptors (Lipinski definition) is 0. The van der Waals surface area contributed by atoms with Crippen molar-refractivity contribution >= 4 is 0 Å². The van der Waals surface area contributed by atoms with E-state index in [1.807, 2.05) is 0 Å². The Morgan fingerprint density at radius 3 is 1.29 bits per heavy atom. The van der Waals surface area contributed by atoms with Gasteiger partial charge in [-0.15, -0.1) is 0 Å². The second-order valence-electron chi connectivity index (χ2n) is 8.96. The van der Waals surface area contributed by atoms with Gasteiger partial charge in [-0.2, -0.15) is 0 Å². The van der Waals surface area contributed by atoms with Crippen molar-refractivity contribution in [1.29, 1.82) is 0 Å². The second-order valence-corrected chi connectivity index (χ2v) is 8.96. The monoisotopic (exact) mass is 386 g/mol. The van der Waals surface area contributed by atoms with Crippen LogP contribution in [0.25, 0.3) is 0 Å². The summed E-state index contributed by atoms with van der Waals surface area (Å²) >= 11 is 0. The Hall–Kier alpha value is -0.780. The van der Waals surface area contributed by atoms with Gasteiger partial charge in [0.15, 0.2) is 0 Å². The van der Waals surface area contributed by atoms with Crippen LogP contribution in [0.1, 0.15) is 147 Å². The van der Waals surface area contributed by atoms with Crippen LogP contribution in [0.5, 0.6) is 0 Å². The SMILES string of the molecule is CCCCCCCCCCCCCCCCCCCC(CC)c1ccccc1. The van der Waals surface area contributed by atoms with E-state index < -0.39 is 0 Å². The Morgan fingerprint density at radius 2 is 0.893 bits per heavy atom. The molecule has 1 unspecified atom stereocenters. The minimum absolute atomic E-state index is 0.776. The summed E-state index contributed by atoms with van der Waals surface area (Å²) in [5.41, 5.74) is 1.54. The fourth-order valence-corrected chi connectivity index (χ4v) is 4.45. The normalized spacial score (nSPS) is 12.4. The van der Waals surface area contributed by atoms with Crippen molar-refractivity contribution in [2.24, 2.45) is 0 Å². The van der Waals surface area contributed by atoms with E-state index in [4.69, 9.17) is 0 Å². The summed E-state index contributed by atoms with van der Waals surface area (Å²) in [4.78, 5) is 0. The molecular weight excluding hydrogens is 336 g/mol. The molecule has 28 heavy (non-hydrogen) atoms. The van der Waals surface area contributed by atoms with Crippen molar-refractivity contribution in [1.82, 2.24) is 0 Å². The smallest absolute Gasteiger partial charge is 0.0165 e. The van der Waals surface area contributed by atoms with Gasteiger partial charge in [0.2, 0.25) is 0 Å². The predicted octanol–water partition coefficient (Wildman–Crippen LogP) is 10.2. The lowest BCUT2D eigenvalue weighted by atomic mass is 9.91. The molecule has 0 bridgehead atoms. The highest BCUT2D eigenvalue weighted by Gasteiger charge is 2.07. The van der Waals surface area contributed by atoms with E-state index in [2.05, 4.69) is 44.2 Å². The summed E-state index contributed by atoms with van der Waals surface area (Å²) in [6.45, 7) is 4.64. The van der Waals surface area contributed by atoms with Gasteiger partial charge in [-0.3, -0.25) is 0 Å². The maximum atomic E-state index is 2.34. The molecule has 0 fully saturated rings. The van der Waals surface area contributed by atoms with Crippen LogP contribution in [0.2, 0.25) is 0 Å². The van der Waals surface area contributed by atoms with Crippen LogP contribution in [0, 0.1) is 0 Å². The van der Waals surface area contributed by atoms with Crippen LogP contribution in [-0.2, 0) is 0 Å².